The average Bonchev–Trinajstić information content (AvgIpc) is 2.94. The largest absolute Gasteiger partial charge is 0.280 e. The minimum Gasteiger partial charge on any atom is -0.273 e. The molecule has 0 saturated heterocycles. The Hall–Kier alpha value is -2.42. The Morgan fingerprint density at radius 3 is 2.78 bits per heavy atom. The van der Waals surface area contributed by atoms with Crippen molar-refractivity contribution in [3.63, 3.8) is 0 Å². The third-order valence-corrected chi connectivity index (χ3v) is 3.98. The van der Waals surface area contributed by atoms with E-state index in [4.69, 9.17) is 0 Å². The number of aryl methyl sites for hydroxylation is 1. The maximum absolute atomic E-state index is 12.7. The highest BCUT2D eigenvalue weighted by Crippen LogP contribution is 2.15. The van der Waals surface area contributed by atoms with E-state index < -0.39 is 0 Å². The predicted molar refractivity (Wildman–Crippen MR) is 88.3 cm³/mol. The van der Waals surface area contributed by atoms with Crippen LogP contribution in [0.1, 0.15) is 19.5 Å². The molecule has 0 aliphatic heterocycles. The molecule has 0 saturated carbocycles. The highest BCUT2D eigenvalue weighted by atomic mass is 32.2. The Bertz CT molecular complexity index is 975. The van der Waals surface area contributed by atoms with Crippen molar-refractivity contribution in [2.45, 2.75) is 25.9 Å². The van der Waals surface area contributed by atoms with Crippen LogP contribution >= 0.6 is 11.8 Å². The maximum atomic E-state index is 12.7. The third-order valence-electron chi connectivity index (χ3n) is 3.44. The van der Waals surface area contributed by atoms with Crippen LogP contribution in [0, 0.1) is 12.8 Å². The molecule has 3 aromatic rings. The van der Waals surface area contributed by atoms with E-state index in [9.17, 15) is 9.59 Å². The topological polar surface area (TPSA) is 94.2 Å². The van der Waals surface area contributed by atoms with Crippen LogP contribution in [0.25, 0.3) is 16.7 Å². The molecule has 8 nitrogen and oxygen atoms in total. The monoisotopic (exact) mass is 332 g/mol. The van der Waals surface area contributed by atoms with Gasteiger partial charge in [0.05, 0.1) is 10.9 Å². The Kier molecular flexibility index (Phi) is 3.80. The summed E-state index contributed by atoms with van der Waals surface area (Å²) in [5.74, 6) is -0.0179. The Morgan fingerprint density at radius 1 is 1.39 bits per heavy atom. The quantitative estimate of drug-likeness (QED) is 0.724. The highest BCUT2D eigenvalue weighted by Gasteiger charge is 2.15. The van der Waals surface area contributed by atoms with E-state index in [1.165, 1.54) is 22.6 Å². The first kappa shape index (κ1) is 15.5. The van der Waals surface area contributed by atoms with Gasteiger partial charge in [0.25, 0.3) is 11.3 Å². The zero-order chi connectivity index (χ0) is 16.7. The van der Waals surface area contributed by atoms with Crippen LogP contribution in [0.5, 0.6) is 0 Å². The van der Waals surface area contributed by atoms with Crippen LogP contribution in [-0.2, 0) is 4.79 Å². The summed E-state index contributed by atoms with van der Waals surface area (Å²) in [5.41, 5.74) is 3.49. The molecule has 9 heteroatoms. The van der Waals surface area contributed by atoms with Crippen molar-refractivity contribution in [1.82, 2.24) is 24.3 Å². The van der Waals surface area contributed by atoms with Crippen molar-refractivity contribution < 1.29 is 4.79 Å². The number of hydrogen-bond donors (Lipinski definition) is 1. The molecule has 3 rings (SSSR count). The summed E-state index contributed by atoms with van der Waals surface area (Å²) in [5, 5.41) is 5.28. The molecular weight excluding hydrogens is 316 g/mol. The number of carbonyl (C=O) groups is 1. The van der Waals surface area contributed by atoms with E-state index in [0.717, 1.165) is 0 Å². The van der Waals surface area contributed by atoms with Crippen LogP contribution in [0.4, 0.5) is 0 Å². The van der Waals surface area contributed by atoms with Gasteiger partial charge in [0, 0.05) is 17.8 Å². The van der Waals surface area contributed by atoms with Crippen LogP contribution < -0.4 is 11.0 Å². The molecule has 23 heavy (non-hydrogen) atoms. The fourth-order valence-corrected chi connectivity index (χ4v) is 2.48. The number of carbonyl (C=O) groups excluding carboxylic acids is 1. The number of nitrogens with zero attached hydrogens (tertiary/aromatic N) is 5. The predicted octanol–water partition coefficient (Wildman–Crippen LogP) is 1.20. The minimum absolute atomic E-state index is 0.225. The molecule has 1 N–H and O–H groups in total. The van der Waals surface area contributed by atoms with Gasteiger partial charge in [-0.2, -0.15) is 9.50 Å². The van der Waals surface area contributed by atoms with E-state index in [2.05, 4.69) is 20.5 Å². The molecule has 1 amide bonds. The van der Waals surface area contributed by atoms with Gasteiger partial charge >= 0.3 is 0 Å². The molecule has 0 aliphatic carbocycles. The number of fused-ring (bicyclic) bond motifs is 3. The van der Waals surface area contributed by atoms with Gasteiger partial charge in [-0.15, -0.1) is 5.10 Å². The van der Waals surface area contributed by atoms with E-state index in [0.29, 0.717) is 27.5 Å². The highest BCUT2D eigenvalue weighted by molar-refractivity contribution is 7.98. The van der Waals surface area contributed by atoms with E-state index in [1.54, 1.807) is 31.4 Å². The standard InChI is InChI=1S/C14H16N6O2S/c1-7(2)11(21)17-19-8(3)5-10-9(12(19)22)6-15-13-16-14(23-4)18-20(10)13/h5-7H,1-4H3,(H,17,21). The Morgan fingerprint density at radius 2 is 2.13 bits per heavy atom. The van der Waals surface area contributed by atoms with E-state index in [-0.39, 0.29) is 17.4 Å². The van der Waals surface area contributed by atoms with Gasteiger partial charge in [-0.3, -0.25) is 15.0 Å². The molecule has 0 unspecified atom stereocenters. The molecule has 120 valence electrons. The smallest absolute Gasteiger partial charge is 0.273 e. The van der Waals surface area contributed by atoms with Crippen molar-refractivity contribution in [2.75, 3.05) is 11.7 Å². The van der Waals surface area contributed by atoms with Crippen molar-refractivity contribution in [3.05, 3.63) is 28.3 Å². The van der Waals surface area contributed by atoms with Crippen LogP contribution in [0.3, 0.4) is 0 Å². The first-order chi connectivity index (χ1) is 10.9. The Balaban J connectivity index is 2.25. The van der Waals surface area contributed by atoms with Crippen LogP contribution in [0.2, 0.25) is 0 Å². The molecule has 0 radical (unpaired) electrons. The van der Waals surface area contributed by atoms with Gasteiger partial charge in [0.15, 0.2) is 0 Å². The second kappa shape index (κ2) is 5.65. The number of aromatic nitrogens is 5. The van der Waals surface area contributed by atoms with Gasteiger partial charge in [-0.1, -0.05) is 25.6 Å². The molecule has 0 bridgehead atoms. The van der Waals surface area contributed by atoms with Gasteiger partial charge in [0.1, 0.15) is 0 Å². The first-order valence-electron chi connectivity index (χ1n) is 7.05. The zero-order valence-corrected chi connectivity index (χ0v) is 14.0. The molecular formula is C14H16N6O2S. The zero-order valence-electron chi connectivity index (χ0n) is 13.2. The number of hydrogen-bond acceptors (Lipinski definition) is 6. The summed E-state index contributed by atoms with van der Waals surface area (Å²) in [6.07, 6.45) is 3.33. The molecule has 0 spiro atoms. The summed E-state index contributed by atoms with van der Waals surface area (Å²) >= 11 is 1.40. The van der Waals surface area contributed by atoms with Crippen molar-refractivity contribution >= 4 is 34.3 Å². The molecule has 0 fully saturated rings. The fourth-order valence-electron chi connectivity index (χ4n) is 2.14. The molecule has 3 aromatic heterocycles. The van der Waals surface area contributed by atoms with Gasteiger partial charge in [0.2, 0.25) is 11.1 Å². The summed E-state index contributed by atoms with van der Waals surface area (Å²) in [6.45, 7) is 5.28. The molecule has 0 aromatic carbocycles. The van der Waals surface area contributed by atoms with E-state index >= 15 is 0 Å². The van der Waals surface area contributed by atoms with Crippen LogP contribution in [0.15, 0.2) is 22.2 Å². The second-order valence-corrected chi connectivity index (χ2v) is 6.20. The second-order valence-electron chi connectivity index (χ2n) is 5.42. The van der Waals surface area contributed by atoms with Crippen LogP contribution in [-0.4, -0.2) is 36.4 Å². The number of pyridine rings is 1. The lowest BCUT2D eigenvalue weighted by Gasteiger charge is -2.14. The SMILES string of the molecule is CSc1nc2ncc3c(=O)n(NC(=O)C(C)C)c(C)cc3n2n1. The fraction of sp³-hybridized carbons (Fsp3) is 0.357. The third kappa shape index (κ3) is 2.56. The van der Waals surface area contributed by atoms with Gasteiger partial charge in [-0.05, 0) is 19.2 Å². The first-order valence-corrected chi connectivity index (χ1v) is 8.28. The van der Waals surface area contributed by atoms with Crippen molar-refractivity contribution in [2.24, 2.45) is 5.92 Å². The maximum Gasteiger partial charge on any atom is 0.280 e. The lowest BCUT2D eigenvalue weighted by molar-refractivity contribution is -0.119. The van der Waals surface area contributed by atoms with E-state index in [1.807, 2.05) is 6.26 Å². The number of thioether (sulfide) groups is 1. The molecule has 3 heterocycles. The minimum atomic E-state index is -0.343. The summed E-state index contributed by atoms with van der Waals surface area (Å²) in [4.78, 5) is 33.0. The summed E-state index contributed by atoms with van der Waals surface area (Å²) in [7, 11) is 0. The summed E-state index contributed by atoms with van der Waals surface area (Å²) < 4.78 is 2.79. The Labute approximate surface area is 135 Å². The van der Waals surface area contributed by atoms with Crippen molar-refractivity contribution in [1.29, 1.82) is 0 Å². The normalized spacial score (nSPS) is 11.5. The number of rotatable bonds is 3. The molecule has 0 aliphatic rings. The number of amides is 1. The van der Waals surface area contributed by atoms with Gasteiger partial charge < -0.3 is 0 Å². The molecule has 0 atom stereocenters. The number of nitrogens with one attached hydrogen (secondary N) is 1. The lowest BCUT2D eigenvalue weighted by atomic mass is 10.2. The lowest BCUT2D eigenvalue weighted by Crippen LogP contribution is -2.36. The van der Waals surface area contributed by atoms with Crippen molar-refractivity contribution in [3.8, 4) is 0 Å². The average molecular weight is 332 g/mol. The summed E-state index contributed by atoms with van der Waals surface area (Å²) in [6, 6.07) is 1.78. The van der Waals surface area contributed by atoms with Gasteiger partial charge in [-0.25, -0.2) is 9.66 Å².